The van der Waals surface area contributed by atoms with E-state index in [0.717, 1.165) is 0 Å². The molecule has 0 aliphatic rings. The Hall–Kier alpha value is -2.00. The normalized spacial score (nSPS) is 12.1. The molecular weight excluding hydrogens is 292 g/mol. The predicted octanol–water partition coefficient (Wildman–Crippen LogP) is -1.06. The molecule has 0 heterocycles. The summed E-state index contributed by atoms with van der Waals surface area (Å²) in [5.74, 6) is -1.47. The van der Waals surface area contributed by atoms with E-state index in [4.69, 9.17) is 26.0 Å². The van der Waals surface area contributed by atoms with E-state index >= 15 is 0 Å². The fraction of sp³-hybridized carbons (Fsp3) is 0.429. The molecule has 1 rings (SSSR count). The zero-order chi connectivity index (χ0) is 16.5. The minimum atomic E-state index is -1.08. The second-order valence-corrected chi connectivity index (χ2v) is 4.46. The summed E-state index contributed by atoms with van der Waals surface area (Å²) in [4.78, 5) is 22.5. The SMILES string of the molecule is NC(=O)c1ccc(C(O)COCCOCCO)c(C(N)=O)c1. The Morgan fingerprint density at radius 1 is 1.09 bits per heavy atom. The summed E-state index contributed by atoms with van der Waals surface area (Å²) < 4.78 is 10.2. The Morgan fingerprint density at radius 2 is 1.77 bits per heavy atom. The van der Waals surface area contributed by atoms with Crippen molar-refractivity contribution >= 4 is 11.8 Å². The van der Waals surface area contributed by atoms with Crippen molar-refractivity contribution in [1.82, 2.24) is 0 Å². The van der Waals surface area contributed by atoms with Crippen LogP contribution in [0, 0.1) is 0 Å². The topological polar surface area (TPSA) is 145 Å². The number of benzene rings is 1. The van der Waals surface area contributed by atoms with Crippen LogP contribution in [0.15, 0.2) is 18.2 Å². The van der Waals surface area contributed by atoms with Gasteiger partial charge in [-0.05, 0) is 17.7 Å². The second-order valence-electron chi connectivity index (χ2n) is 4.46. The van der Waals surface area contributed by atoms with E-state index in [-0.39, 0.29) is 49.7 Å². The smallest absolute Gasteiger partial charge is 0.249 e. The number of hydrogen-bond acceptors (Lipinski definition) is 6. The van der Waals surface area contributed by atoms with E-state index in [1.54, 1.807) is 0 Å². The van der Waals surface area contributed by atoms with Crippen molar-refractivity contribution in [3.05, 3.63) is 34.9 Å². The lowest BCUT2D eigenvalue weighted by Crippen LogP contribution is -2.20. The van der Waals surface area contributed by atoms with Gasteiger partial charge in [-0.3, -0.25) is 9.59 Å². The molecule has 8 nitrogen and oxygen atoms in total. The Bertz CT molecular complexity index is 520. The molecule has 1 aromatic carbocycles. The van der Waals surface area contributed by atoms with Crippen molar-refractivity contribution in [2.24, 2.45) is 11.5 Å². The van der Waals surface area contributed by atoms with Crippen molar-refractivity contribution in [3.63, 3.8) is 0 Å². The van der Waals surface area contributed by atoms with E-state index in [1.165, 1.54) is 18.2 Å². The van der Waals surface area contributed by atoms with E-state index < -0.39 is 17.9 Å². The first-order valence-electron chi connectivity index (χ1n) is 6.65. The number of hydrogen-bond donors (Lipinski definition) is 4. The highest BCUT2D eigenvalue weighted by atomic mass is 16.5. The summed E-state index contributed by atoms with van der Waals surface area (Å²) in [6.07, 6.45) is -1.08. The zero-order valence-electron chi connectivity index (χ0n) is 12.0. The number of aliphatic hydroxyl groups excluding tert-OH is 2. The van der Waals surface area contributed by atoms with Gasteiger partial charge in [0.05, 0.1) is 33.0 Å². The van der Waals surface area contributed by atoms with Crippen molar-refractivity contribution in [3.8, 4) is 0 Å². The molecule has 0 aliphatic heterocycles. The lowest BCUT2D eigenvalue weighted by atomic mass is 9.99. The number of carbonyl (C=O) groups excluding carboxylic acids is 2. The number of amides is 2. The van der Waals surface area contributed by atoms with Gasteiger partial charge in [0, 0.05) is 11.1 Å². The number of nitrogens with two attached hydrogens (primary N) is 2. The zero-order valence-corrected chi connectivity index (χ0v) is 12.0. The first-order chi connectivity index (χ1) is 10.5. The minimum absolute atomic E-state index is 0.0175. The van der Waals surface area contributed by atoms with Crippen molar-refractivity contribution in [1.29, 1.82) is 0 Å². The summed E-state index contributed by atoms with van der Waals surface area (Å²) in [7, 11) is 0. The molecule has 0 spiro atoms. The van der Waals surface area contributed by atoms with Gasteiger partial charge in [-0.25, -0.2) is 0 Å². The van der Waals surface area contributed by atoms with Crippen LogP contribution in [0.5, 0.6) is 0 Å². The molecule has 1 aromatic rings. The molecule has 2 amide bonds. The van der Waals surface area contributed by atoms with Crippen LogP contribution < -0.4 is 11.5 Å². The van der Waals surface area contributed by atoms with E-state index in [1.807, 2.05) is 0 Å². The molecular formula is C14H20N2O6. The molecule has 0 fully saturated rings. The number of aliphatic hydroxyl groups is 2. The van der Waals surface area contributed by atoms with Crippen molar-refractivity contribution < 1.29 is 29.3 Å². The van der Waals surface area contributed by atoms with Gasteiger partial charge in [0.25, 0.3) is 0 Å². The molecule has 0 saturated carbocycles. The average Bonchev–Trinajstić information content (AvgIpc) is 2.49. The highest BCUT2D eigenvalue weighted by molar-refractivity contribution is 5.99. The first kappa shape index (κ1) is 18.1. The second kappa shape index (κ2) is 9.11. The average molecular weight is 312 g/mol. The maximum Gasteiger partial charge on any atom is 0.249 e. The lowest BCUT2D eigenvalue weighted by molar-refractivity contribution is -0.00282. The molecule has 1 unspecified atom stereocenters. The first-order valence-corrected chi connectivity index (χ1v) is 6.65. The predicted molar refractivity (Wildman–Crippen MR) is 77.2 cm³/mol. The summed E-state index contributed by atoms with van der Waals surface area (Å²) in [6, 6.07) is 4.06. The molecule has 122 valence electrons. The van der Waals surface area contributed by atoms with Crippen LogP contribution in [-0.4, -0.2) is 55.1 Å². The largest absolute Gasteiger partial charge is 0.394 e. The molecule has 1 atom stereocenters. The fourth-order valence-electron chi connectivity index (χ4n) is 1.78. The van der Waals surface area contributed by atoms with Gasteiger partial charge in [0.15, 0.2) is 0 Å². The monoisotopic (exact) mass is 312 g/mol. The van der Waals surface area contributed by atoms with Crippen LogP contribution in [0.1, 0.15) is 32.4 Å². The Labute approximate surface area is 127 Å². The summed E-state index contributed by atoms with van der Waals surface area (Å²) in [6.45, 7) is 0.570. The van der Waals surface area contributed by atoms with Gasteiger partial charge in [0.2, 0.25) is 11.8 Å². The van der Waals surface area contributed by atoms with Gasteiger partial charge >= 0.3 is 0 Å². The molecule has 0 bridgehead atoms. The third-order valence-corrected chi connectivity index (χ3v) is 2.85. The minimum Gasteiger partial charge on any atom is -0.394 e. The highest BCUT2D eigenvalue weighted by Gasteiger charge is 2.17. The molecule has 6 N–H and O–H groups in total. The number of primary amides is 2. The fourth-order valence-corrected chi connectivity index (χ4v) is 1.78. The van der Waals surface area contributed by atoms with Gasteiger partial charge < -0.3 is 31.2 Å². The van der Waals surface area contributed by atoms with Crippen LogP contribution in [0.25, 0.3) is 0 Å². The highest BCUT2D eigenvalue weighted by Crippen LogP contribution is 2.20. The molecule has 8 heteroatoms. The molecule has 0 aromatic heterocycles. The Kier molecular flexibility index (Phi) is 7.47. The maximum atomic E-state index is 11.4. The molecule has 0 saturated heterocycles. The molecule has 0 radical (unpaired) electrons. The van der Waals surface area contributed by atoms with Gasteiger partial charge in [-0.2, -0.15) is 0 Å². The van der Waals surface area contributed by atoms with E-state index in [2.05, 4.69) is 0 Å². The van der Waals surface area contributed by atoms with Gasteiger partial charge in [-0.1, -0.05) is 6.07 Å². The van der Waals surface area contributed by atoms with Gasteiger partial charge in [-0.15, -0.1) is 0 Å². The quantitative estimate of drug-likeness (QED) is 0.405. The third-order valence-electron chi connectivity index (χ3n) is 2.85. The number of ether oxygens (including phenoxy) is 2. The van der Waals surface area contributed by atoms with Crippen LogP contribution in [0.2, 0.25) is 0 Å². The van der Waals surface area contributed by atoms with Crippen LogP contribution in [0.4, 0.5) is 0 Å². The van der Waals surface area contributed by atoms with Crippen LogP contribution in [0.3, 0.4) is 0 Å². The summed E-state index contributed by atoms with van der Waals surface area (Å²) in [5, 5.41) is 18.6. The number of carbonyl (C=O) groups is 2. The summed E-state index contributed by atoms with van der Waals surface area (Å²) >= 11 is 0. The number of rotatable bonds is 10. The maximum absolute atomic E-state index is 11.4. The Morgan fingerprint density at radius 3 is 2.36 bits per heavy atom. The van der Waals surface area contributed by atoms with Crippen LogP contribution >= 0.6 is 0 Å². The van der Waals surface area contributed by atoms with E-state index in [0.29, 0.717) is 0 Å². The lowest BCUT2D eigenvalue weighted by Gasteiger charge is -2.15. The Balaban J connectivity index is 2.66. The van der Waals surface area contributed by atoms with Crippen molar-refractivity contribution in [2.45, 2.75) is 6.10 Å². The standard InChI is InChI=1S/C14H20N2O6/c15-13(19)9-1-2-10(11(7-9)14(16)20)12(18)8-22-6-5-21-4-3-17/h1-2,7,12,17-18H,3-6,8H2,(H2,15,19)(H2,16,20). The van der Waals surface area contributed by atoms with E-state index in [9.17, 15) is 14.7 Å². The van der Waals surface area contributed by atoms with Crippen molar-refractivity contribution in [2.75, 3.05) is 33.0 Å². The third kappa shape index (κ3) is 5.41. The van der Waals surface area contributed by atoms with Gasteiger partial charge in [0.1, 0.15) is 6.10 Å². The summed E-state index contributed by atoms with van der Waals surface area (Å²) in [5.41, 5.74) is 10.8. The van der Waals surface area contributed by atoms with Crippen LogP contribution in [-0.2, 0) is 9.47 Å². The molecule has 22 heavy (non-hydrogen) atoms. The molecule has 0 aliphatic carbocycles.